The smallest absolute Gasteiger partial charge is 0.186 e. The second kappa shape index (κ2) is 6.53. The van der Waals surface area contributed by atoms with Crippen molar-refractivity contribution in [1.82, 2.24) is 0 Å². The van der Waals surface area contributed by atoms with Crippen molar-refractivity contribution in [3.8, 4) is 0 Å². The molecule has 0 N–H and O–H groups in total. The van der Waals surface area contributed by atoms with Crippen LogP contribution in [0.2, 0.25) is 0 Å². The average Bonchev–Trinajstić information content (AvgIpc) is 2.90. The Morgan fingerprint density at radius 1 is 1.29 bits per heavy atom. The van der Waals surface area contributed by atoms with Crippen molar-refractivity contribution >= 4 is 0 Å². The van der Waals surface area contributed by atoms with Gasteiger partial charge in [-0.15, -0.1) is 0 Å². The van der Waals surface area contributed by atoms with Crippen molar-refractivity contribution in [3.63, 3.8) is 0 Å². The highest BCUT2D eigenvalue weighted by molar-refractivity contribution is 5.03. The molecule has 2 unspecified atom stereocenters. The van der Waals surface area contributed by atoms with Gasteiger partial charge in [0.25, 0.3) is 0 Å². The molecule has 0 aromatic heterocycles. The molecular formula is C14H26O3. The van der Waals surface area contributed by atoms with Gasteiger partial charge in [0.1, 0.15) is 6.10 Å². The summed E-state index contributed by atoms with van der Waals surface area (Å²) in [6.07, 6.45) is 4.22. The molecule has 0 spiro atoms. The summed E-state index contributed by atoms with van der Waals surface area (Å²) >= 11 is 0. The van der Waals surface area contributed by atoms with Crippen LogP contribution in [0.5, 0.6) is 0 Å². The molecule has 1 heterocycles. The summed E-state index contributed by atoms with van der Waals surface area (Å²) in [5.41, 5.74) is 1.29. The van der Waals surface area contributed by atoms with Crippen LogP contribution in [-0.4, -0.2) is 31.2 Å². The lowest BCUT2D eigenvalue weighted by molar-refractivity contribution is -0.147. The molecule has 0 radical (unpaired) electrons. The molecule has 0 saturated carbocycles. The summed E-state index contributed by atoms with van der Waals surface area (Å²) in [7, 11) is 0. The molecule has 100 valence electrons. The highest BCUT2D eigenvalue weighted by atomic mass is 16.7. The van der Waals surface area contributed by atoms with E-state index in [4.69, 9.17) is 14.2 Å². The first-order valence-electron chi connectivity index (χ1n) is 6.58. The maximum absolute atomic E-state index is 5.77. The van der Waals surface area contributed by atoms with Crippen LogP contribution in [0.3, 0.4) is 0 Å². The minimum Gasteiger partial charge on any atom is -0.361 e. The van der Waals surface area contributed by atoms with Crippen molar-refractivity contribution in [1.29, 1.82) is 0 Å². The topological polar surface area (TPSA) is 31.0 Å². The quantitative estimate of drug-likeness (QED) is 0.372. The third kappa shape index (κ3) is 4.41. The maximum Gasteiger partial charge on any atom is 0.186 e. The second-order valence-electron chi connectivity index (χ2n) is 4.95. The third-order valence-electron chi connectivity index (χ3n) is 3.04. The van der Waals surface area contributed by atoms with Gasteiger partial charge in [0.2, 0.25) is 0 Å². The fourth-order valence-corrected chi connectivity index (χ4v) is 2.00. The van der Waals surface area contributed by atoms with E-state index in [-0.39, 0.29) is 18.0 Å². The van der Waals surface area contributed by atoms with E-state index in [9.17, 15) is 0 Å². The van der Waals surface area contributed by atoms with E-state index in [0.717, 1.165) is 12.8 Å². The van der Waals surface area contributed by atoms with Gasteiger partial charge in [-0.2, -0.15) is 0 Å². The molecule has 2 atom stereocenters. The standard InChI is InChI=1S/C14H26O3/c1-6-15-13(16-7-2)12-14(5,17-12)10-8-9-11(3)4/h9,12-13H,6-8,10H2,1-5H3. The Morgan fingerprint density at radius 3 is 2.35 bits per heavy atom. The second-order valence-corrected chi connectivity index (χ2v) is 4.95. The summed E-state index contributed by atoms with van der Waals surface area (Å²) < 4.78 is 16.9. The Hall–Kier alpha value is -0.380. The number of allylic oxidation sites excluding steroid dienone is 2. The number of rotatable bonds is 8. The molecule has 0 bridgehead atoms. The molecule has 0 aromatic rings. The van der Waals surface area contributed by atoms with Crippen molar-refractivity contribution in [3.05, 3.63) is 11.6 Å². The molecule has 17 heavy (non-hydrogen) atoms. The van der Waals surface area contributed by atoms with Crippen LogP contribution < -0.4 is 0 Å². The zero-order chi connectivity index (χ0) is 12.9. The van der Waals surface area contributed by atoms with E-state index >= 15 is 0 Å². The zero-order valence-electron chi connectivity index (χ0n) is 11.8. The van der Waals surface area contributed by atoms with Gasteiger partial charge in [0.05, 0.1) is 5.60 Å². The lowest BCUT2D eigenvalue weighted by Crippen LogP contribution is -2.28. The van der Waals surface area contributed by atoms with Gasteiger partial charge in [0, 0.05) is 13.2 Å². The number of epoxide rings is 1. The van der Waals surface area contributed by atoms with Gasteiger partial charge in [0.15, 0.2) is 6.29 Å². The largest absolute Gasteiger partial charge is 0.361 e. The normalized spacial score (nSPS) is 27.3. The Labute approximate surface area is 105 Å². The average molecular weight is 242 g/mol. The van der Waals surface area contributed by atoms with Crippen molar-refractivity contribution in [2.75, 3.05) is 13.2 Å². The minimum atomic E-state index is -0.207. The van der Waals surface area contributed by atoms with Crippen LogP contribution in [0.4, 0.5) is 0 Å². The maximum atomic E-state index is 5.77. The van der Waals surface area contributed by atoms with Crippen molar-refractivity contribution in [2.45, 2.75) is 65.5 Å². The summed E-state index contributed by atoms with van der Waals surface area (Å²) in [5.74, 6) is 0. The summed E-state index contributed by atoms with van der Waals surface area (Å²) in [6, 6.07) is 0. The molecule has 0 aliphatic carbocycles. The predicted octanol–water partition coefficient (Wildman–Crippen LogP) is 3.29. The van der Waals surface area contributed by atoms with Crippen LogP contribution in [0.1, 0.15) is 47.5 Å². The molecule has 0 amide bonds. The van der Waals surface area contributed by atoms with Crippen molar-refractivity contribution < 1.29 is 14.2 Å². The molecule has 1 aliphatic rings. The van der Waals surface area contributed by atoms with E-state index in [1.54, 1.807) is 0 Å². The Kier molecular flexibility index (Phi) is 5.63. The molecule has 1 fully saturated rings. The van der Waals surface area contributed by atoms with Crippen molar-refractivity contribution in [2.24, 2.45) is 0 Å². The zero-order valence-corrected chi connectivity index (χ0v) is 11.8. The number of ether oxygens (including phenoxy) is 3. The van der Waals surface area contributed by atoms with Crippen LogP contribution in [0.15, 0.2) is 11.6 Å². The van der Waals surface area contributed by atoms with Gasteiger partial charge < -0.3 is 14.2 Å². The first-order valence-corrected chi connectivity index (χ1v) is 6.58. The van der Waals surface area contributed by atoms with E-state index in [1.165, 1.54) is 5.57 Å². The van der Waals surface area contributed by atoms with Gasteiger partial charge in [-0.25, -0.2) is 0 Å². The van der Waals surface area contributed by atoms with Crippen LogP contribution >= 0.6 is 0 Å². The van der Waals surface area contributed by atoms with Gasteiger partial charge in [-0.05, 0) is 47.5 Å². The van der Waals surface area contributed by atoms with E-state index in [0.29, 0.717) is 13.2 Å². The fraction of sp³-hybridized carbons (Fsp3) is 0.857. The lowest BCUT2D eigenvalue weighted by Gasteiger charge is -2.16. The molecule has 3 nitrogen and oxygen atoms in total. The van der Waals surface area contributed by atoms with Crippen LogP contribution in [0.25, 0.3) is 0 Å². The summed E-state index contributed by atoms with van der Waals surface area (Å²) in [4.78, 5) is 0. The molecule has 3 heteroatoms. The van der Waals surface area contributed by atoms with Gasteiger partial charge in [-0.3, -0.25) is 0 Å². The molecule has 1 rings (SSSR count). The lowest BCUT2D eigenvalue weighted by atomic mass is 10.0. The minimum absolute atomic E-state index is 0.0685. The number of hydrogen-bond acceptors (Lipinski definition) is 3. The summed E-state index contributed by atoms with van der Waals surface area (Å²) in [5, 5.41) is 0. The SMILES string of the molecule is CCOC(OCC)C1OC1(C)CCC=C(C)C. The Balaban J connectivity index is 2.39. The first-order chi connectivity index (χ1) is 8.03. The van der Waals surface area contributed by atoms with Gasteiger partial charge >= 0.3 is 0 Å². The van der Waals surface area contributed by atoms with E-state index in [2.05, 4.69) is 26.8 Å². The predicted molar refractivity (Wildman–Crippen MR) is 69.0 cm³/mol. The monoisotopic (exact) mass is 242 g/mol. The number of hydrogen-bond donors (Lipinski definition) is 0. The highest BCUT2D eigenvalue weighted by Crippen LogP contribution is 2.43. The highest BCUT2D eigenvalue weighted by Gasteiger charge is 2.56. The Bertz CT molecular complexity index is 252. The summed E-state index contributed by atoms with van der Waals surface area (Å²) in [6.45, 7) is 11.7. The fourth-order valence-electron chi connectivity index (χ4n) is 2.00. The Morgan fingerprint density at radius 2 is 1.88 bits per heavy atom. The van der Waals surface area contributed by atoms with Gasteiger partial charge in [-0.1, -0.05) is 11.6 Å². The van der Waals surface area contributed by atoms with E-state index < -0.39 is 0 Å². The third-order valence-corrected chi connectivity index (χ3v) is 3.04. The van der Waals surface area contributed by atoms with Crippen LogP contribution in [-0.2, 0) is 14.2 Å². The molecule has 0 aromatic carbocycles. The molecule has 1 saturated heterocycles. The molecule has 1 aliphatic heterocycles. The van der Waals surface area contributed by atoms with E-state index in [1.807, 2.05) is 13.8 Å². The molecular weight excluding hydrogens is 216 g/mol. The first kappa shape index (κ1) is 14.7. The van der Waals surface area contributed by atoms with Crippen LogP contribution in [0, 0.1) is 0 Å².